The number of aromatic nitrogens is 1. The van der Waals surface area contributed by atoms with Crippen LogP contribution in [0.15, 0.2) is 47.8 Å². The van der Waals surface area contributed by atoms with E-state index >= 15 is 0 Å². The van der Waals surface area contributed by atoms with Gasteiger partial charge in [0.2, 0.25) is 5.91 Å². The summed E-state index contributed by atoms with van der Waals surface area (Å²) < 4.78 is 20.2. The second-order valence-electron chi connectivity index (χ2n) is 7.39. The predicted octanol–water partition coefficient (Wildman–Crippen LogP) is 4.95. The Hall–Kier alpha value is -2.93. The number of hydrogen-bond acceptors (Lipinski definition) is 5. The first-order valence-corrected chi connectivity index (χ1v) is 10.9. The van der Waals surface area contributed by atoms with Crippen molar-refractivity contribution < 1.29 is 13.9 Å². The van der Waals surface area contributed by atoms with Crippen LogP contribution in [0.25, 0.3) is 0 Å². The first-order valence-electron chi connectivity index (χ1n) is 10.0. The number of amides is 1. The normalized spacial score (nSPS) is 13.5. The number of carbonyl (C=O) groups excluding carboxylic acids is 1. The number of rotatable bonds is 7. The van der Waals surface area contributed by atoms with Crippen LogP contribution in [0.1, 0.15) is 29.1 Å². The lowest BCUT2D eigenvalue weighted by Crippen LogP contribution is -2.22. The molecule has 5 nitrogen and oxygen atoms in total. The van der Waals surface area contributed by atoms with Gasteiger partial charge in [-0.05, 0) is 44.0 Å². The van der Waals surface area contributed by atoms with E-state index in [1.165, 1.54) is 23.0 Å². The number of thiazole rings is 1. The Morgan fingerprint density at radius 1 is 1.20 bits per heavy atom. The second-order valence-corrected chi connectivity index (χ2v) is 8.33. The van der Waals surface area contributed by atoms with Crippen molar-refractivity contribution in [3.05, 3.63) is 69.9 Å². The SMILES string of the molecule is Cc1ccc(OCc2nc(CC(=O)Nc3c(F)cccc3N3CCCC3)cs2)cc1. The van der Waals surface area contributed by atoms with Gasteiger partial charge in [0.15, 0.2) is 0 Å². The number of hydrogen-bond donors (Lipinski definition) is 1. The lowest BCUT2D eigenvalue weighted by atomic mass is 10.2. The van der Waals surface area contributed by atoms with Gasteiger partial charge in [0.25, 0.3) is 0 Å². The Bertz CT molecular complexity index is 1010. The highest BCUT2D eigenvalue weighted by Gasteiger charge is 2.20. The predicted molar refractivity (Wildman–Crippen MR) is 118 cm³/mol. The number of para-hydroxylation sites is 1. The molecule has 0 radical (unpaired) electrons. The smallest absolute Gasteiger partial charge is 0.230 e. The molecule has 0 spiro atoms. The number of ether oxygens (including phenoxy) is 1. The van der Waals surface area contributed by atoms with Crippen LogP contribution in [0.4, 0.5) is 15.8 Å². The molecule has 1 aromatic heterocycles. The molecule has 3 aromatic rings. The van der Waals surface area contributed by atoms with Crippen molar-refractivity contribution in [3.8, 4) is 5.75 Å². The van der Waals surface area contributed by atoms with Gasteiger partial charge in [-0.2, -0.15) is 0 Å². The summed E-state index contributed by atoms with van der Waals surface area (Å²) in [6, 6.07) is 12.7. The van der Waals surface area contributed by atoms with Crippen LogP contribution >= 0.6 is 11.3 Å². The number of nitrogens with zero attached hydrogens (tertiary/aromatic N) is 2. The van der Waals surface area contributed by atoms with Crippen molar-refractivity contribution in [3.63, 3.8) is 0 Å². The van der Waals surface area contributed by atoms with Gasteiger partial charge in [-0.3, -0.25) is 4.79 Å². The Kier molecular flexibility index (Phi) is 6.28. The van der Waals surface area contributed by atoms with Crippen LogP contribution in [0.3, 0.4) is 0 Å². The van der Waals surface area contributed by atoms with Crippen molar-refractivity contribution in [2.75, 3.05) is 23.3 Å². The number of aryl methyl sites for hydroxylation is 1. The van der Waals surface area contributed by atoms with E-state index in [2.05, 4.69) is 15.2 Å². The third kappa shape index (κ3) is 4.97. The van der Waals surface area contributed by atoms with Crippen molar-refractivity contribution >= 4 is 28.6 Å². The highest BCUT2D eigenvalue weighted by Crippen LogP contribution is 2.31. The molecule has 0 atom stereocenters. The average molecular weight is 426 g/mol. The molecule has 1 N–H and O–H groups in total. The van der Waals surface area contributed by atoms with E-state index < -0.39 is 5.82 Å². The zero-order valence-corrected chi connectivity index (χ0v) is 17.7. The lowest BCUT2D eigenvalue weighted by Gasteiger charge is -2.21. The van der Waals surface area contributed by atoms with Crippen LogP contribution in [0.5, 0.6) is 5.75 Å². The summed E-state index contributed by atoms with van der Waals surface area (Å²) in [6.07, 6.45) is 2.25. The molecule has 0 unspecified atom stereocenters. The summed E-state index contributed by atoms with van der Waals surface area (Å²) in [5.74, 6) is 0.0825. The standard InChI is InChI=1S/C23H24FN3O2S/c1-16-7-9-18(10-8-16)29-14-22-25-17(15-30-22)13-21(28)26-23-19(24)5-4-6-20(23)27-11-2-3-12-27/h4-10,15H,2-3,11-14H2,1H3,(H,26,28). The fourth-order valence-corrected chi connectivity index (χ4v) is 4.19. The zero-order chi connectivity index (χ0) is 20.9. The third-order valence-corrected chi connectivity index (χ3v) is 5.90. The quantitative estimate of drug-likeness (QED) is 0.582. The van der Waals surface area contributed by atoms with Crippen molar-refractivity contribution in [1.82, 2.24) is 4.98 Å². The van der Waals surface area contributed by atoms with Gasteiger partial charge < -0.3 is 15.0 Å². The Morgan fingerprint density at radius 2 is 1.97 bits per heavy atom. The molecule has 2 aromatic carbocycles. The fourth-order valence-electron chi connectivity index (χ4n) is 3.48. The van der Waals surface area contributed by atoms with Gasteiger partial charge in [0, 0.05) is 18.5 Å². The number of benzene rings is 2. The first-order chi connectivity index (χ1) is 14.6. The van der Waals surface area contributed by atoms with Crippen LogP contribution in [0.2, 0.25) is 0 Å². The Morgan fingerprint density at radius 3 is 2.73 bits per heavy atom. The molecule has 0 aliphatic carbocycles. The topological polar surface area (TPSA) is 54.5 Å². The van der Waals surface area contributed by atoms with Crippen molar-refractivity contribution in [2.24, 2.45) is 0 Å². The molecule has 7 heteroatoms. The summed E-state index contributed by atoms with van der Waals surface area (Å²) in [5, 5.41) is 5.39. The molecule has 4 rings (SSSR count). The summed E-state index contributed by atoms with van der Waals surface area (Å²) in [7, 11) is 0. The number of halogens is 1. The van der Waals surface area contributed by atoms with E-state index in [0.29, 0.717) is 12.3 Å². The molecule has 30 heavy (non-hydrogen) atoms. The van der Waals surface area contributed by atoms with Gasteiger partial charge in [0.1, 0.15) is 28.9 Å². The van der Waals surface area contributed by atoms with E-state index in [-0.39, 0.29) is 18.0 Å². The highest BCUT2D eigenvalue weighted by atomic mass is 32.1. The number of carbonyl (C=O) groups is 1. The Labute approximate surface area is 179 Å². The van der Waals surface area contributed by atoms with Crippen LogP contribution < -0.4 is 15.0 Å². The summed E-state index contributed by atoms with van der Waals surface area (Å²) >= 11 is 1.45. The molecular formula is C23H24FN3O2S. The second kappa shape index (κ2) is 9.26. The maximum absolute atomic E-state index is 14.4. The van der Waals surface area contributed by atoms with Gasteiger partial charge in [-0.1, -0.05) is 23.8 Å². The van der Waals surface area contributed by atoms with Gasteiger partial charge in [0.05, 0.1) is 17.8 Å². The average Bonchev–Trinajstić information content (AvgIpc) is 3.41. The van der Waals surface area contributed by atoms with Crippen molar-refractivity contribution in [1.29, 1.82) is 0 Å². The minimum Gasteiger partial charge on any atom is -0.486 e. The summed E-state index contributed by atoms with van der Waals surface area (Å²) in [6.45, 7) is 4.13. The van der Waals surface area contributed by atoms with Gasteiger partial charge in [-0.25, -0.2) is 9.37 Å². The van der Waals surface area contributed by atoms with Gasteiger partial charge in [-0.15, -0.1) is 11.3 Å². The minimum atomic E-state index is -0.418. The molecule has 1 amide bonds. The maximum atomic E-state index is 14.4. The molecule has 1 aliphatic heterocycles. The van der Waals surface area contributed by atoms with E-state index in [1.807, 2.05) is 42.6 Å². The highest BCUT2D eigenvalue weighted by molar-refractivity contribution is 7.09. The summed E-state index contributed by atoms with van der Waals surface area (Å²) in [5.41, 5.74) is 2.82. The molecule has 156 valence electrons. The van der Waals surface area contributed by atoms with E-state index in [4.69, 9.17) is 4.74 Å². The maximum Gasteiger partial charge on any atom is 0.230 e. The molecule has 0 bridgehead atoms. The van der Waals surface area contributed by atoms with E-state index in [9.17, 15) is 9.18 Å². The Balaban J connectivity index is 1.36. The van der Waals surface area contributed by atoms with E-state index in [1.54, 1.807) is 6.07 Å². The van der Waals surface area contributed by atoms with Crippen LogP contribution in [-0.4, -0.2) is 24.0 Å². The largest absolute Gasteiger partial charge is 0.486 e. The fraction of sp³-hybridized carbons (Fsp3) is 0.304. The monoisotopic (exact) mass is 425 g/mol. The summed E-state index contributed by atoms with van der Waals surface area (Å²) in [4.78, 5) is 19.1. The van der Waals surface area contributed by atoms with Crippen LogP contribution in [-0.2, 0) is 17.8 Å². The lowest BCUT2D eigenvalue weighted by molar-refractivity contribution is -0.115. The third-order valence-electron chi connectivity index (χ3n) is 5.03. The van der Waals surface area contributed by atoms with Gasteiger partial charge >= 0.3 is 0 Å². The molecule has 1 fully saturated rings. The van der Waals surface area contributed by atoms with Crippen LogP contribution in [0, 0.1) is 12.7 Å². The zero-order valence-electron chi connectivity index (χ0n) is 16.9. The molecular weight excluding hydrogens is 401 g/mol. The minimum absolute atomic E-state index is 0.0921. The molecule has 1 aliphatic rings. The molecule has 2 heterocycles. The first kappa shape index (κ1) is 20.3. The number of nitrogens with one attached hydrogen (secondary N) is 1. The molecule has 1 saturated heterocycles. The number of anilines is 2. The molecule has 0 saturated carbocycles. The van der Waals surface area contributed by atoms with Crippen molar-refractivity contribution in [2.45, 2.75) is 32.8 Å². The van der Waals surface area contributed by atoms with E-state index in [0.717, 1.165) is 42.4 Å².